The minimum atomic E-state index is -0.684. The van der Waals surface area contributed by atoms with E-state index in [0.717, 1.165) is 45.2 Å². The lowest BCUT2D eigenvalue weighted by Crippen LogP contribution is -2.49. The summed E-state index contributed by atoms with van der Waals surface area (Å²) in [7, 11) is 0. The van der Waals surface area contributed by atoms with Crippen molar-refractivity contribution in [1.29, 1.82) is 5.26 Å². The van der Waals surface area contributed by atoms with Gasteiger partial charge in [-0.1, -0.05) is 20.8 Å². The van der Waals surface area contributed by atoms with Gasteiger partial charge in [0.05, 0.1) is 6.07 Å². The molecule has 1 amide bonds. The van der Waals surface area contributed by atoms with E-state index in [4.69, 9.17) is 0 Å². The van der Waals surface area contributed by atoms with Crippen molar-refractivity contribution < 1.29 is 4.79 Å². The predicted molar refractivity (Wildman–Crippen MR) is 70.7 cm³/mol. The van der Waals surface area contributed by atoms with Gasteiger partial charge in [-0.3, -0.25) is 4.79 Å². The SMILES string of the molecule is CCC1(CC)CCN(C(=O)C2(C#N)CC(C)C2)C1. The van der Waals surface area contributed by atoms with E-state index in [2.05, 4.69) is 26.8 Å². The number of nitrogens with zero attached hydrogens (tertiary/aromatic N) is 2. The molecule has 0 unspecified atom stereocenters. The van der Waals surface area contributed by atoms with Crippen molar-refractivity contribution in [2.45, 2.75) is 52.9 Å². The van der Waals surface area contributed by atoms with Crippen LogP contribution < -0.4 is 0 Å². The maximum absolute atomic E-state index is 12.5. The molecule has 1 aliphatic carbocycles. The summed E-state index contributed by atoms with van der Waals surface area (Å²) in [5.74, 6) is 0.630. The van der Waals surface area contributed by atoms with Crippen LogP contribution in [0, 0.1) is 28.1 Å². The van der Waals surface area contributed by atoms with Gasteiger partial charge in [0.15, 0.2) is 0 Å². The van der Waals surface area contributed by atoms with Crippen LogP contribution >= 0.6 is 0 Å². The summed E-state index contributed by atoms with van der Waals surface area (Å²) < 4.78 is 0. The highest BCUT2D eigenvalue weighted by molar-refractivity contribution is 5.86. The number of nitriles is 1. The van der Waals surface area contributed by atoms with Crippen LogP contribution in [0.3, 0.4) is 0 Å². The van der Waals surface area contributed by atoms with Crippen molar-refractivity contribution >= 4 is 5.91 Å². The molecule has 100 valence electrons. The van der Waals surface area contributed by atoms with Gasteiger partial charge in [0.2, 0.25) is 5.91 Å². The van der Waals surface area contributed by atoms with E-state index in [1.165, 1.54) is 0 Å². The molecule has 0 aromatic rings. The molecular formula is C15H24N2O. The standard InChI is InChI=1S/C15H24N2O/c1-4-14(5-2)6-7-17(11-14)13(18)15(10-16)8-12(3)9-15/h12H,4-9,11H2,1-3H3. The molecule has 18 heavy (non-hydrogen) atoms. The van der Waals surface area contributed by atoms with E-state index in [0.29, 0.717) is 11.3 Å². The molecule has 0 radical (unpaired) electrons. The second-order valence-electron chi connectivity index (χ2n) is 6.39. The Morgan fingerprint density at radius 3 is 2.39 bits per heavy atom. The van der Waals surface area contributed by atoms with Crippen LogP contribution in [0.4, 0.5) is 0 Å². The summed E-state index contributed by atoms with van der Waals surface area (Å²) in [5.41, 5.74) is -0.376. The highest BCUT2D eigenvalue weighted by Crippen LogP contribution is 2.48. The van der Waals surface area contributed by atoms with Crippen molar-refractivity contribution in [1.82, 2.24) is 4.90 Å². The predicted octanol–water partition coefficient (Wildman–Crippen LogP) is 2.96. The number of amides is 1. The lowest BCUT2D eigenvalue weighted by molar-refractivity contribution is -0.144. The van der Waals surface area contributed by atoms with Gasteiger partial charge >= 0.3 is 0 Å². The molecule has 3 nitrogen and oxygen atoms in total. The lowest BCUT2D eigenvalue weighted by atomic mass is 9.62. The maximum Gasteiger partial charge on any atom is 0.243 e. The molecule has 2 rings (SSSR count). The highest BCUT2D eigenvalue weighted by Gasteiger charge is 2.52. The normalized spacial score (nSPS) is 33.9. The minimum Gasteiger partial charge on any atom is -0.341 e. The molecule has 1 heterocycles. The van der Waals surface area contributed by atoms with Crippen LogP contribution in [0.25, 0.3) is 0 Å². The Kier molecular flexibility index (Phi) is 3.40. The largest absolute Gasteiger partial charge is 0.341 e. The van der Waals surface area contributed by atoms with E-state index in [-0.39, 0.29) is 5.91 Å². The van der Waals surface area contributed by atoms with Gasteiger partial charge in [0.25, 0.3) is 0 Å². The molecule has 0 spiro atoms. The molecule has 1 saturated heterocycles. The Hall–Kier alpha value is -1.04. The first kappa shape index (κ1) is 13.4. The number of hydrogen-bond acceptors (Lipinski definition) is 2. The van der Waals surface area contributed by atoms with Crippen LogP contribution in [0.5, 0.6) is 0 Å². The van der Waals surface area contributed by atoms with Crippen molar-refractivity contribution in [2.75, 3.05) is 13.1 Å². The fourth-order valence-corrected chi connectivity index (χ4v) is 3.68. The fourth-order valence-electron chi connectivity index (χ4n) is 3.68. The van der Waals surface area contributed by atoms with E-state index in [1.807, 2.05) is 4.90 Å². The number of rotatable bonds is 3. The monoisotopic (exact) mass is 248 g/mol. The first-order valence-electron chi connectivity index (χ1n) is 7.21. The third-order valence-electron chi connectivity index (χ3n) is 5.24. The first-order chi connectivity index (χ1) is 8.51. The Labute approximate surface area is 110 Å². The van der Waals surface area contributed by atoms with Gasteiger partial charge < -0.3 is 4.90 Å². The molecule has 0 N–H and O–H groups in total. The Morgan fingerprint density at radius 1 is 1.39 bits per heavy atom. The second kappa shape index (κ2) is 4.57. The quantitative estimate of drug-likeness (QED) is 0.770. The average molecular weight is 248 g/mol. The number of hydrogen-bond donors (Lipinski definition) is 0. The van der Waals surface area contributed by atoms with Crippen LogP contribution in [0.1, 0.15) is 52.9 Å². The third-order valence-corrected chi connectivity index (χ3v) is 5.24. The topological polar surface area (TPSA) is 44.1 Å². The molecule has 3 heteroatoms. The molecule has 0 aromatic carbocycles. The minimum absolute atomic E-state index is 0.104. The molecule has 2 fully saturated rings. The van der Waals surface area contributed by atoms with E-state index >= 15 is 0 Å². The third kappa shape index (κ3) is 1.92. The first-order valence-corrected chi connectivity index (χ1v) is 7.21. The highest BCUT2D eigenvalue weighted by atomic mass is 16.2. The fraction of sp³-hybridized carbons (Fsp3) is 0.867. The van der Waals surface area contributed by atoms with Crippen LogP contribution in [0.15, 0.2) is 0 Å². The van der Waals surface area contributed by atoms with Crippen molar-refractivity contribution in [2.24, 2.45) is 16.7 Å². The van der Waals surface area contributed by atoms with E-state index < -0.39 is 5.41 Å². The zero-order valence-electron chi connectivity index (χ0n) is 11.8. The average Bonchev–Trinajstić information content (AvgIpc) is 2.79. The Bertz CT molecular complexity index is 372. The number of carbonyl (C=O) groups is 1. The van der Waals surface area contributed by atoms with Crippen LogP contribution in [-0.4, -0.2) is 23.9 Å². The number of carbonyl (C=O) groups excluding carboxylic acids is 1. The summed E-state index contributed by atoms with van der Waals surface area (Å²) in [4.78, 5) is 14.5. The Morgan fingerprint density at radius 2 is 2.00 bits per heavy atom. The number of likely N-dealkylation sites (tertiary alicyclic amines) is 1. The van der Waals surface area contributed by atoms with E-state index in [9.17, 15) is 10.1 Å². The van der Waals surface area contributed by atoms with Gasteiger partial charge in [-0.2, -0.15) is 5.26 Å². The maximum atomic E-state index is 12.5. The van der Waals surface area contributed by atoms with Gasteiger partial charge in [0, 0.05) is 13.1 Å². The van der Waals surface area contributed by atoms with Gasteiger partial charge in [0.1, 0.15) is 5.41 Å². The van der Waals surface area contributed by atoms with Gasteiger partial charge in [-0.25, -0.2) is 0 Å². The summed E-state index contributed by atoms with van der Waals surface area (Å²) in [6, 6.07) is 2.29. The van der Waals surface area contributed by atoms with Gasteiger partial charge in [-0.15, -0.1) is 0 Å². The molecule has 1 aliphatic heterocycles. The molecule has 0 bridgehead atoms. The molecular weight excluding hydrogens is 224 g/mol. The van der Waals surface area contributed by atoms with Crippen LogP contribution in [0.2, 0.25) is 0 Å². The second-order valence-corrected chi connectivity index (χ2v) is 6.39. The molecule has 0 aromatic heterocycles. The molecule has 0 atom stereocenters. The van der Waals surface area contributed by atoms with Crippen molar-refractivity contribution in [3.63, 3.8) is 0 Å². The van der Waals surface area contributed by atoms with E-state index in [1.54, 1.807) is 0 Å². The van der Waals surface area contributed by atoms with Crippen molar-refractivity contribution in [3.05, 3.63) is 0 Å². The zero-order chi connectivity index (χ0) is 13.4. The summed E-state index contributed by atoms with van der Waals surface area (Å²) in [6.45, 7) is 8.25. The molecule has 1 saturated carbocycles. The summed E-state index contributed by atoms with van der Waals surface area (Å²) in [5, 5.41) is 9.33. The van der Waals surface area contributed by atoms with Gasteiger partial charge in [-0.05, 0) is 43.4 Å². The zero-order valence-corrected chi connectivity index (χ0v) is 11.8. The lowest BCUT2D eigenvalue weighted by Gasteiger charge is -2.42. The smallest absolute Gasteiger partial charge is 0.243 e. The Balaban J connectivity index is 2.06. The summed E-state index contributed by atoms with van der Waals surface area (Å²) in [6.07, 6.45) is 4.86. The van der Waals surface area contributed by atoms with Crippen LogP contribution in [-0.2, 0) is 4.79 Å². The van der Waals surface area contributed by atoms with Crippen molar-refractivity contribution in [3.8, 4) is 6.07 Å². The summed E-state index contributed by atoms with van der Waals surface area (Å²) >= 11 is 0. The molecule has 2 aliphatic rings.